The average molecular weight is 388 g/mol. The van der Waals surface area contributed by atoms with Gasteiger partial charge in [0.15, 0.2) is 11.4 Å². The van der Waals surface area contributed by atoms with Crippen LogP contribution in [0.1, 0.15) is 21.6 Å². The fraction of sp³-hybridized carbons (Fsp3) is 0.100. The van der Waals surface area contributed by atoms with Gasteiger partial charge in [0.25, 0.3) is 5.91 Å². The van der Waals surface area contributed by atoms with Crippen LogP contribution in [0, 0.1) is 12.7 Å². The number of benzene rings is 2. The lowest BCUT2D eigenvalue weighted by Gasteiger charge is -2.11. The lowest BCUT2D eigenvalue weighted by atomic mass is 9.99. The summed E-state index contributed by atoms with van der Waals surface area (Å²) >= 11 is 0. The SMILES string of the molecule is Cc1cc(-c2c(C(=O)Nc3cccc(C(F)(F)F)c3)c3cc(F)c2o3)ccn1. The normalized spacial score (nSPS) is 11.9. The average Bonchev–Trinajstić information content (AvgIpc) is 3.18. The first-order valence-electron chi connectivity index (χ1n) is 8.20. The second-order valence-corrected chi connectivity index (χ2v) is 6.26. The lowest BCUT2D eigenvalue weighted by Crippen LogP contribution is -2.14. The predicted octanol–water partition coefficient (Wildman–Crippen LogP) is 5.65. The van der Waals surface area contributed by atoms with E-state index in [-0.39, 0.29) is 28.0 Å². The van der Waals surface area contributed by atoms with Gasteiger partial charge in [0, 0.05) is 29.2 Å². The van der Waals surface area contributed by atoms with E-state index >= 15 is 0 Å². The molecule has 3 heterocycles. The monoisotopic (exact) mass is 388 g/mol. The van der Waals surface area contributed by atoms with Crippen LogP contribution in [0.3, 0.4) is 0 Å². The van der Waals surface area contributed by atoms with Gasteiger partial charge in [0.05, 0.1) is 11.1 Å². The molecule has 3 aromatic heterocycles. The molecule has 0 saturated carbocycles. The molecule has 4 rings (SSSR count). The summed E-state index contributed by atoms with van der Waals surface area (Å²) in [7, 11) is 0. The summed E-state index contributed by atoms with van der Waals surface area (Å²) in [5, 5.41) is 2.43. The molecule has 0 aliphatic rings. The Morgan fingerprint density at radius 3 is 2.64 bits per heavy atom. The second kappa shape index (κ2) is 6.33. The summed E-state index contributed by atoms with van der Waals surface area (Å²) in [5.74, 6) is -1.31. The summed E-state index contributed by atoms with van der Waals surface area (Å²) in [6, 6.07) is 8.61. The number of carbonyl (C=O) groups excluding carboxylic acids is 1. The quantitative estimate of drug-likeness (QED) is 0.462. The zero-order valence-corrected chi connectivity index (χ0v) is 14.4. The molecular weight excluding hydrogens is 376 g/mol. The van der Waals surface area contributed by atoms with Crippen LogP contribution in [0.25, 0.3) is 22.3 Å². The molecule has 4 aromatic rings. The van der Waals surface area contributed by atoms with E-state index < -0.39 is 23.5 Å². The van der Waals surface area contributed by atoms with E-state index in [2.05, 4.69) is 10.3 Å². The Balaban J connectivity index is 1.76. The van der Waals surface area contributed by atoms with Crippen molar-refractivity contribution in [2.75, 3.05) is 5.32 Å². The van der Waals surface area contributed by atoms with Crippen molar-refractivity contribution in [2.45, 2.75) is 13.1 Å². The van der Waals surface area contributed by atoms with Gasteiger partial charge in [-0.05, 0) is 42.8 Å². The summed E-state index contributed by atoms with van der Waals surface area (Å²) in [6.07, 6.45) is -3.02. The molecule has 1 amide bonds. The van der Waals surface area contributed by atoms with E-state index in [0.29, 0.717) is 11.3 Å². The minimum absolute atomic E-state index is 0.0152. The molecule has 0 fully saturated rings. The molecule has 28 heavy (non-hydrogen) atoms. The van der Waals surface area contributed by atoms with Crippen LogP contribution in [-0.4, -0.2) is 10.9 Å². The van der Waals surface area contributed by atoms with E-state index in [1.54, 1.807) is 19.1 Å². The highest BCUT2D eigenvalue weighted by Crippen LogP contribution is 2.39. The summed E-state index contributed by atoms with van der Waals surface area (Å²) in [4.78, 5) is 16.9. The van der Waals surface area contributed by atoms with Gasteiger partial charge in [0.2, 0.25) is 0 Å². The highest BCUT2D eigenvalue weighted by molar-refractivity contribution is 6.16. The van der Waals surface area contributed by atoms with Crippen molar-refractivity contribution in [2.24, 2.45) is 0 Å². The molecule has 142 valence electrons. The highest BCUT2D eigenvalue weighted by Gasteiger charge is 2.31. The minimum atomic E-state index is -4.54. The van der Waals surface area contributed by atoms with Crippen molar-refractivity contribution in [3.05, 3.63) is 71.3 Å². The first-order valence-corrected chi connectivity index (χ1v) is 8.20. The third-order valence-corrected chi connectivity index (χ3v) is 4.27. The van der Waals surface area contributed by atoms with Gasteiger partial charge in [-0.25, -0.2) is 4.39 Å². The largest absolute Gasteiger partial charge is 0.453 e. The maximum atomic E-state index is 14.1. The van der Waals surface area contributed by atoms with E-state index in [9.17, 15) is 22.4 Å². The van der Waals surface area contributed by atoms with E-state index in [1.165, 1.54) is 18.3 Å². The van der Waals surface area contributed by atoms with Crippen LogP contribution in [0.5, 0.6) is 0 Å². The van der Waals surface area contributed by atoms with Crippen LogP contribution in [-0.2, 0) is 6.18 Å². The summed E-state index contributed by atoms with van der Waals surface area (Å²) in [6.45, 7) is 1.74. The van der Waals surface area contributed by atoms with Crippen molar-refractivity contribution in [1.29, 1.82) is 0 Å². The van der Waals surface area contributed by atoms with Crippen LogP contribution >= 0.6 is 0 Å². The minimum Gasteiger partial charge on any atom is -0.453 e. The van der Waals surface area contributed by atoms with Crippen molar-refractivity contribution >= 4 is 22.8 Å². The fourth-order valence-corrected chi connectivity index (χ4v) is 3.07. The number of hydrogen-bond donors (Lipinski definition) is 1. The molecule has 0 spiro atoms. The number of hydrogen-bond acceptors (Lipinski definition) is 3. The Morgan fingerprint density at radius 2 is 1.93 bits per heavy atom. The number of carbonyl (C=O) groups is 1. The first-order chi connectivity index (χ1) is 13.2. The molecule has 2 bridgehead atoms. The molecule has 1 aromatic carbocycles. The maximum Gasteiger partial charge on any atom is 0.416 e. The number of rotatable bonds is 3. The topological polar surface area (TPSA) is 55.1 Å². The Labute approximate surface area is 156 Å². The van der Waals surface area contributed by atoms with Gasteiger partial charge in [0.1, 0.15) is 5.58 Å². The zero-order valence-electron chi connectivity index (χ0n) is 14.4. The molecular formula is C20H12F4N2O2. The molecule has 0 aliphatic carbocycles. The second-order valence-electron chi connectivity index (χ2n) is 6.26. The predicted molar refractivity (Wildman–Crippen MR) is 94.7 cm³/mol. The van der Waals surface area contributed by atoms with Crippen LogP contribution in [0.4, 0.5) is 23.2 Å². The maximum absolute atomic E-state index is 14.1. The Bertz CT molecular complexity index is 1180. The Kier molecular flexibility index (Phi) is 4.06. The van der Waals surface area contributed by atoms with E-state index in [1.807, 2.05) is 0 Å². The number of anilines is 1. The lowest BCUT2D eigenvalue weighted by molar-refractivity contribution is -0.137. The molecule has 0 aliphatic heterocycles. The number of nitrogens with one attached hydrogen (secondary N) is 1. The number of pyridine rings is 1. The van der Waals surface area contributed by atoms with Gasteiger partial charge in [-0.2, -0.15) is 13.2 Å². The molecule has 0 saturated heterocycles. The number of nitrogens with zero attached hydrogens (tertiary/aromatic N) is 1. The van der Waals surface area contributed by atoms with Crippen LogP contribution < -0.4 is 5.32 Å². The number of alkyl halides is 3. The summed E-state index contributed by atoms with van der Waals surface area (Å²) < 4.78 is 58.1. The van der Waals surface area contributed by atoms with E-state index in [4.69, 9.17) is 4.42 Å². The van der Waals surface area contributed by atoms with Gasteiger partial charge >= 0.3 is 6.18 Å². The number of fused-ring (bicyclic) bond motifs is 2. The molecule has 0 unspecified atom stereocenters. The molecule has 0 radical (unpaired) electrons. The van der Waals surface area contributed by atoms with Crippen molar-refractivity contribution < 1.29 is 26.8 Å². The van der Waals surface area contributed by atoms with Gasteiger partial charge in [-0.15, -0.1) is 0 Å². The molecule has 1 N–H and O–H groups in total. The molecule has 4 nitrogen and oxygen atoms in total. The number of furan rings is 2. The van der Waals surface area contributed by atoms with E-state index in [0.717, 1.165) is 18.2 Å². The third-order valence-electron chi connectivity index (χ3n) is 4.27. The molecule has 8 heteroatoms. The van der Waals surface area contributed by atoms with Gasteiger partial charge < -0.3 is 9.73 Å². The fourth-order valence-electron chi connectivity index (χ4n) is 3.07. The summed E-state index contributed by atoms with van der Waals surface area (Å²) in [5.41, 5.74) is 0.479. The van der Waals surface area contributed by atoms with Crippen molar-refractivity contribution in [1.82, 2.24) is 4.98 Å². The third kappa shape index (κ3) is 3.06. The smallest absolute Gasteiger partial charge is 0.416 e. The Hall–Kier alpha value is -3.42. The van der Waals surface area contributed by atoms with Crippen LogP contribution in [0.15, 0.2) is 53.1 Å². The molecule has 0 atom stereocenters. The number of amides is 1. The van der Waals surface area contributed by atoms with Crippen molar-refractivity contribution in [3.63, 3.8) is 0 Å². The number of aryl methyl sites for hydroxylation is 1. The highest BCUT2D eigenvalue weighted by atomic mass is 19.4. The first kappa shape index (κ1) is 18.0. The van der Waals surface area contributed by atoms with Gasteiger partial charge in [-0.1, -0.05) is 6.07 Å². The van der Waals surface area contributed by atoms with Crippen LogP contribution in [0.2, 0.25) is 0 Å². The number of halogens is 4. The Morgan fingerprint density at radius 1 is 1.14 bits per heavy atom. The standard InChI is InChI=1S/C20H12F4N2O2/c1-10-7-11(5-6-25-10)16-17(15-9-14(21)18(16)28-15)19(27)26-13-4-2-3-12(8-13)20(22,23)24/h2-9H,1H3,(H,26,27). The number of aromatic nitrogens is 1. The zero-order chi connectivity index (χ0) is 20.1. The van der Waals surface area contributed by atoms with Gasteiger partial charge in [-0.3, -0.25) is 9.78 Å². The van der Waals surface area contributed by atoms with Crippen molar-refractivity contribution in [3.8, 4) is 11.1 Å².